The van der Waals surface area contributed by atoms with Crippen LogP contribution in [0, 0.1) is 0 Å². The number of halogens is 1. The number of nitrogens with one attached hydrogen (secondary N) is 1. The van der Waals surface area contributed by atoms with Crippen LogP contribution in [0.1, 0.15) is 56.7 Å². The van der Waals surface area contributed by atoms with E-state index >= 15 is 0 Å². The van der Waals surface area contributed by atoms with Crippen molar-refractivity contribution >= 4 is 29.9 Å². The molecule has 0 aromatic carbocycles. The number of piperazine rings is 1. The zero-order valence-corrected chi connectivity index (χ0v) is 20.0. The van der Waals surface area contributed by atoms with Gasteiger partial charge in [0.1, 0.15) is 12.8 Å². The second-order valence-electron chi connectivity index (χ2n) is 7.16. The Bertz CT molecular complexity index is 721. The van der Waals surface area contributed by atoms with Crippen molar-refractivity contribution in [1.82, 2.24) is 25.4 Å². The number of aromatic nitrogens is 2. The Kier molecular flexibility index (Phi) is 9.92. The summed E-state index contributed by atoms with van der Waals surface area (Å²) in [5.74, 6) is 2.22. The third-order valence-electron chi connectivity index (χ3n) is 5.25. The smallest absolute Gasteiger partial charge is 0.194 e. The van der Waals surface area contributed by atoms with E-state index in [-0.39, 0.29) is 24.0 Å². The fraction of sp³-hybridized carbons (Fsp3) is 0.650. The summed E-state index contributed by atoms with van der Waals surface area (Å²) in [7, 11) is 0. The molecule has 0 radical (unpaired) electrons. The standard InChI is InChI=1S/C20H32N6O2.HI/c1-4-16(5-2)19-13-18(28-24-19)14-22-20(21-6-3)26-10-8-25(9-11-26)15-17-7-12-27-23-17;/h7,12-13,16H,4-6,8-11,14-15H2,1-3H3,(H,21,22);1H. The van der Waals surface area contributed by atoms with Crippen molar-refractivity contribution in [2.75, 3.05) is 32.7 Å². The molecular weight excluding hydrogens is 483 g/mol. The zero-order chi connectivity index (χ0) is 19.8. The predicted molar refractivity (Wildman–Crippen MR) is 123 cm³/mol. The molecule has 9 heteroatoms. The molecule has 8 nitrogen and oxygen atoms in total. The van der Waals surface area contributed by atoms with Gasteiger partial charge in [0, 0.05) is 57.3 Å². The van der Waals surface area contributed by atoms with Crippen LogP contribution in [0.2, 0.25) is 0 Å². The van der Waals surface area contributed by atoms with Gasteiger partial charge in [-0.2, -0.15) is 0 Å². The Balaban J connectivity index is 0.00000300. The molecule has 0 spiro atoms. The molecule has 1 aliphatic heterocycles. The average molecular weight is 516 g/mol. The lowest BCUT2D eigenvalue weighted by molar-refractivity contribution is 0.169. The third kappa shape index (κ3) is 6.70. The SMILES string of the molecule is CCNC(=NCc1cc(C(CC)CC)no1)N1CCN(Cc2ccon2)CC1.I. The van der Waals surface area contributed by atoms with Crippen molar-refractivity contribution in [2.45, 2.75) is 52.6 Å². The maximum Gasteiger partial charge on any atom is 0.194 e. The first-order chi connectivity index (χ1) is 13.7. The van der Waals surface area contributed by atoms with E-state index in [2.05, 4.69) is 52.3 Å². The molecule has 3 rings (SSSR count). The largest absolute Gasteiger partial charge is 0.364 e. The molecule has 162 valence electrons. The number of hydrogen-bond acceptors (Lipinski definition) is 6. The number of aliphatic imine (C=N–C) groups is 1. The lowest BCUT2D eigenvalue weighted by Gasteiger charge is -2.36. The number of rotatable bonds is 8. The van der Waals surface area contributed by atoms with Gasteiger partial charge < -0.3 is 19.3 Å². The highest BCUT2D eigenvalue weighted by atomic mass is 127. The number of nitrogens with zero attached hydrogens (tertiary/aromatic N) is 5. The van der Waals surface area contributed by atoms with Gasteiger partial charge in [0.2, 0.25) is 0 Å². The minimum Gasteiger partial charge on any atom is -0.364 e. The molecule has 0 aliphatic carbocycles. The Morgan fingerprint density at radius 3 is 2.55 bits per heavy atom. The molecule has 1 aliphatic rings. The van der Waals surface area contributed by atoms with Crippen molar-refractivity contribution in [3.63, 3.8) is 0 Å². The minimum atomic E-state index is 0. The predicted octanol–water partition coefficient (Wildman–Crippen LogP) is 3.47. The molecule has 2 aromatic heterocycles. The van der Waals surface area contributed by atoms with Crippen molar-refractivity contribution in [3.8, 4) is 0 Å². The Labute approximate surface area is 190 Å². The molecule has 1 N–H and O–H groups in total. The van der Waals surface area contributed by atoms with E-state index in [1.54, 1.807) is 6.26 Å². The van der Waals surface area contributed by atoms with E-state index in [0.717, 1.165) is 75.2 Å². The normalized spacial score (nSPS) is 15.6. The van der Waals surface area contributed by atoms with Crippen LogP contribution < -0.4 is 5.32 Å². The van der Waals surface area contributed by atoms with Crippen LogP contribution in [-0.2, 0) is 13.1 Å². The Morgan fingerprint density at radius 2 is 1.93 bits per heavy atom. The van der Waals surface area contributed by atoms with E-state index in [4.69, 9.17) is 14.0 Å². The summed E-state index contributed by atoms with van der Waals surface area (Å²) >= 11 is 0. The molecule has 0 bridgehead atoms. The molecule has 0 amide bonds. The van der Waals surface area contributed by atoms with Crippen molar-refractivity contribution in [1.29, 1.82) is 0 Å². The molecule has 1 saturated heterocycles. The van der Waals surface area contributed by atoms with Gasteiger partial charge in [0.15, 0.2) is 11.7 Å². The Hall–Kier alpha value is -1.62. The number of hydrogen-bond donors (Lipinski definition) is 1. The lowest BCUT2D eigenvalue weighted by atomic mass is 9.99. The summed E-state index contributed by atoms with van der Waals surface area (Å²) in [6.07, 6.45) is 3.78. The third-order valence-corrected chi connectivity index (χ3v) is 5.25. The Morgan fingerprint density at radius 1 is 1.17 bits per heavy atom. The van der Waals surface area contributed by atoms with E-state index in [9.17, 15) is 0 Å². The van der Waals surface area contributed by atoms with Crippen LogP contribution in [0.4, 0.5) is 0 Å². The molecule has 1 fully saturated rings. The summed E-state index contributed by atoms with van der Waals surface area (Å²) in [5, 5.41) is 11.6. The summed E-state index contributed by atoms with van der Waals surface area (Å²) in [4.78, 5) is 9.48. The molecule has 0 atom stereocenters. The molecule has 29 heavy (non-hydrogen) atoms. The summed E-state index contributed by atoms with van der Waals surface area (Å²) in [6.45, 7) is 12.4. The van der Waals surface area contributed by atoms with Gasteiger partial charge in [-0.3, -0.25) is 4.90 Å². The van der Waals surface area contributed by atoms with Crippen molar-refractivity contribution in [3.05, 3.63) is 35.5 Å². The monoisotopic (exact) mass is 516 g/mol. The van der Waals surface area contributed by atoms with Gasteiger partial charge in [-0.25, -0.2) is 4.99 Å². The second-order valence-corrected chi connectivity index (χ2v) is 7.16. The van der Waals surface area contributed by atoms with Gasteiger partial charge in [-0.05, 0) is 19.8 Å². The number of guanidine groups is 1. The van der Waals surface area contributed by atoms with Gasteiger partial charge in [0.25, 0.3) is 0 Å². The quantitative estimate of drug-likeness (QED) is 0.327. The van der Waals surface area contributed by atoms with Crippen LogP contribution in [0.3, 0.4) is 0 Å². The highest BCUT2D eigenvalue weighted by Crippen LogP contribution is 2.22. The fourth-order valence-electron chi connectivity index (χ4n) is 3.55. The van der Waals surface area contributed by atoms with Crippen molar-refractivity contribution in [2.24, 2.45) is 4.99 Å². The fourth-order valence-corrected chi connectivity index (χ4v) is 3.55. The zero-order valence-electron chi connectivity index (χ0n) is 17.6. The first-order valence-electron chi connectivity index (χ1n) is 10.3. The van der Waals surface area contributed by atoms with E-state index in [1.807, 2.05) is 6.07 Å². The maximum absolute atomic E-state index is 5.51. The second kappa shape index (κ2) is 12.2. The maximum atomic E-state index is 5.51. The first kappa shape index (κ1) is 23.7. The van der Waals surface area contributed by atoms with Crippen LogP contribution >= 0.6 is 24.0 Å². The summed E-state index contributed by atoms with van der Waals surface area (Å²) in [6, 6.07) is 3.98. The molecule has 0 unspecified atom stereocenters. The van der Waals surface area contributed by atoms with Crippen molar-refractivity contribution < 1.29 is 9.05 Å². The topological polar surface area (TPSA) is 82.9 Å². The lowest BCUT2D eigenvalue weighted by Crippen LogP contribution is -2.52. The van der Waals surface area contributed by atoms with E-state index in [0.29, 0.717) is 12.5 Å². The molecule has 3 heterocycles. The van der Waals surface area contributed by atoms with Crippen LogP contribution in [-0.4, -0.2) is 58.8 Å². The summed E-state index contributed by atoms with van der Waals surface area (Å²) < 4.78 is 10.4. The average Bonchev–Trinajstić information content (AvgIpc) is 3.39. The van der Waals surface area contributed by atoms with Crippen LogP contribution in [0.5, 0.6) is 0 Å². The van der Waals surface area contributed by atoms with Gasteiger partial charge in [-0.1, -0.05) is 24.2 Å². The van der Waals surface area contributed by atoms with E-state index < -0.39 is 0 Å². The van der Waals surface area contributed by atoms with Gasteiger partial charge in [0.05, 0.1) is 11.4 Å². The van der Waals surface area contributed by atoms with Crippen LogP contribution in [0.25, 0.3) is 0 Å². The first-order valence-corrected chi connectivity index (χ1v) is 10.3. The van der Waals surface area contributed by atoms with Crippen LogP contribution in [0.15, 0.2) is 32.4 Å². The summed E-state index contributed by atoms with van der Waals surface area (Å²) in [5.41, 5.74) is 2.02. The highest BCUT2D eigenvalue weighted by molar-refractivity contribution is 14.0. The molecule has 0 saturated carbocycles. The van der Waals surface area contributed by atoms with E-state index in [1.165, 1.54) is 0 Å². The van der Waals surface area contributed by atoms with Gasteiger partial charge in [-0.15, -0.1) is 24.0 Å². The highest BCUT2D eigenvalue weighted by Gasteiger charge is 2.20. The van der Waals surface area contributed by atoms with Gasteiger partial charge >= 0.3 is 0 Å². The molecular formula is C20H33IN6O2. The minimum absolute atomic E-state index is 0. The molecule has 2 aromatic rings.